The summed E-state index contributed by atoms with van der Waals surface area (Å²) in [6.07, 6.45) is 2.31. The van der Waals surface area contributed by atoms with Gasteiger partial charge in [-0.15, -0.1) is 5.10 Å². The van der Waals surface area contributed by atoms with Crippen LogP contribution in [0.2, 0.25) is 0 Å². The van der Waals surface area contributed by atoms with Crippen LogP contribution in [0.25, 0.3) is 0 Å². The molecule has 136 valence electrons. The van der Waals surface area contributed by atoms with Crippen molar-refractivity contribution in [3.8, 4) is 0 Å². The van der Waals surface area contributed by atoms with E-state index in [1.54, 1.807) is 12.3 Å². The molecule has 7 heteroatoms. The lowest BCUT2D eigenvalue weighted by atomic mass is 10.0. The molecule has 0 aliphatic carbocycles. The maximum absolute atomic E-state index is 11.7. The predicted octanol–water partition coefficient (Wildman–Crippen LogP) is 2.67. The van der Waals surface area contributed by atoms with Gasteiger partial charge in [0.25, 0.3) is 5.95 Å². The molecule has 1 aliphatic heterocycles. The molecule has 27 heavy (non-hydrogen) atoms. The highest BCUT2D eigenvalue weighted by Gasteiger charge is 2.32. The standard InChI is InChI=1S/C20H20N6O/c1-13-10-16-15(19(21)27)8-5-9-17(16)26(13)20-24-18(12-23-25-20)22-11-14-6-3-2-4-7-14/h2-9,12-13H,10-11H2,1H3,(H2,21,27)(H,22,24,25). The maximum Gasteiger partial charge on any atom is 0.252 e. The number of nitrogens with two attached hydrogens (primary N) is 1. The van der Waals surface area contributed by atoms with E-state index in [-0.39, 0.29) is 6.04 Å². The Morgan fingerprint density at radius 3 is 2.81 bits per heavy atom. The smallest absolute Gasteiger partial charge is 0.252 e. The van der Waals surface area contributed by atoms with Gasteiger partial charge >= 0.3 is 0 Å². The summed E-state index contributed by atoms with van der Waals surface area (Å²) in [6, 6.07) is 15.7. The number of carbonyl (C=O) groups excluding carboxylic acids is 1. The number of hydrogen-bond donors (Lipinski definition) is 2. The minimum absolute atomic E-state index is 0.103. The zero-order valence-corrected chi connectivity index (χ0v) is 15.0. The minimum atomic E-state index is -0.418. The fourth-order valence-corrected chi connectivity index (χ4v) is 3.44. The predicted molar refractivity (Wildman–Crippen MR) is 104 cm³/mol. The second-order valence-corrected chi connectivity index (χ2v) is 6.57. The Bertz CT molecular complexity index is 975. The highest BCUT2D eigenvalue weighted by molar-refractivity contribution is 5.96. The van der Waals surface area contributed by atoms with Crippen LogP contribution < -0.4 is 16.0 Å². The van der Waals surface area contributed by atoms with Gasteiger partial charge in [-0.05, 0) is 36.6 Å². The molecule has 1 aliphatic rings. The van der Waals surface area contributed by atoms with Crippen LogP contribution in [0.5, 0.6) is 0 Å². The molecule has 2 heterocycles. The fourth-order valence-electron chi connectivity index (χ4n) is 3.44. The molecule has 0 fully saturated rings. The molecule has 1 atom stereocenters. The summed E-state index contributed by atoms with van der Waals surface area (Å²) in [4.78, 5) is 18.4. The van der Waals surface area contributed by atoms with Crippen molar-refractivity contribution >= 4 is 23.4 Å². The van der Waals surface area contributed by atoms with Gasteiger partial charge in [-0.2, -0.15) is 10.1 Å². The minimum Gasteiger partial charge on any atom is -0.366 e. The number of primary amides is 1. The third kappa shape index (κ3) is 3.31. The van der Waals surface area contributed by atoms with Crippen LogP contribution in [0.15, 0.2) is 54.7 Å². The molecule has 0 saturated heterocycles. The van der Waals surface area contributed by atoms with Crippen LogP contribution >= 0.6 is 0 Å². The molecule has 0 bridgehead atoms. The third-order valence-corrected chi connectivity index (χ3v) is 4.70. The van der Waals surface area contributed by atoms with Crippen molar-refractivity contribution in [1.29, 1.82) is 0 Å². The van der Waals surface area contributed by atoms with Crippen molar-refractivity contribution in [2.24, 2.45) is 5.73 Å². The van der Waals surface area contributed by atoms with Gasteiger partial charge in [0.15, 0.2) is 5.82 Å². The molecule has 2 aromatic carbocycles. The Labute approximate surface area is 157 Å². The van der Waals surface area contributed by atoms with Crippen molar-refractivity contribution in [2.45, 2.75) is 25.9 Å². The van der Waals surface area contributed by atoms with E-state index in [1.165, 1.54) is 0 Å². The molecule has 0 saturated carbocycles. The Morgan fingerprint density at radius 2 is 2.04 bits per heavy atom. The van der Waals surface area contributed by atoms with E-state index in [0.29, 0.717) is 30.3 Å². The summed E-state index contributed by atoms with van der Waals surface area (Å²) in [5.74, 6) is 0.731. The number of aromatic nitrogens is 3. The van der Waals surface area contributed by atoms with Crippen LogP contribution in [0.3, 0.4) is 0 Å². The van der Waals surface area contributed by atoms with E-state index in [2.05, 4.69) is 27.4 Å². The summed E-state index contributed by atoms with van der Waals surface area (Å²) in [6.45, 7) is 2.72. The average molecular weight is 360 g/mol. The maximum atomic E-state index is 11.7. The molecular weight excluding hydrogens is 340 g/mol. The first-order valence-electron chi connectivity index (χ1n) is 8.82. The van der Waals surface area contributed by atoms with Crippen LogP contribution in [0.1, 0.15) is 28.4 Å². The lowest BCUT2D eigenvalue weighted by Crippen LogP contribution is -2.26. The van der Waals surface area contributed by atoms with Crippen molar-refractivity contribution in [1.82, 2.24) is 15.2 Å². The van der Waals surface area contributed by atoms with Gasteiger partial charge in [0, 0.05) is 23.8 Å². The van der Waals surface area contributed by atoms with Crippen LogP contribution in [0.4, 0.5) is 17.5 Å². The third-order valence-electron chi connectivity index (χ3n) is 4.70. The summed E-state index contributed by atoms with van der Waals surface area (Å²) in [5, 5.41) is 11.6. The second kappa shape index (κ2) is 7.03. The summed E-state index contributed by atoms with van der Waals surface area (Å²) < 4.78 is 0. The van der Waals surface area contributed by atoms with E-state index in [0.717, 1.165) is 16.8 Å². The molecule has 0 radical (unpaired) electrons. The first-order valence-corrected chi connectivity index (χ1v) is 8.82. The van der Waals surface area contributed by atoms with Crippen molar-refractivity contribution in [3.05, 3.63) is 71.4 Å². The lowest BCUT2D eigenvalue weighted by Gasteiger charge is -2.22. The van der Waals surface area contributed by atoms with Crippen molar-refractivity contribution < 1.29 is 4.79 Å². The van der Waals surface area contributed by atoms with Gasteiger partial charge in [-0.1, -0.05) is 36.4 Å². The van der Waals surface area contributed by atoms with Gasteiger partial charge < -0.3 is 16.0 Å². The SMILES string of the molecule is CC1Cc2c(C(N)=O)cccc2N1c1nncc(NCc2ccccc2)n1. The highest BCUT2D eigenvalue weighted by Crippen LogP contribution is 2.38. The summed E-state index contributed by atoms with van der Waals surface area (Å²) >= 11 is 0. The molecule has 1 aromatic heterocycles. The highest BCUT2D eigenvalue weighted by atomic mass is 16.1. The molecule has 4 rings (SSSR count). The number of hydrogen-bond acceptors (Lipinski definition) is 6. The monoisotopic (exact) mass is 360 g/mol. The molecular formula is C20H20N6O. The lowest BCUT2D eigenvalue weighted by molar-refractivity contribution is 0.0999. The number of benzene rings is 2. The number of carbonyl (C=O) groups is 1. The molecule has 1 unspecified atom stereocenters. The number of nitrogens with one attached hydrogen (secondary N) is 1. The van der Waals surface area contributed by atoms with E-state index >= 15 is 0 Å². The van der Waals surface area contributed by atoms with Gasteiger partial charge in [-0.3, -0.25) is 4.79 Å². The molecule has 3 N–H and O–H groups in total. The van der Waals surface area contributed by atoms with Gasteiger partial charge in [0.05, 0.1) is 6.20 Å². The van der Waals surface area contributed by atoms with Crippen LogP contribution in [0, 0.1) is 0 Å². The van der Waals surface area contributed by atoms with E-state index in [9.17, 15) is 4.79 Å². The van der Waals surface area contributed by atoms with Crippen molar-refractivity contribution in [2.75, 3.05) is 10.2 Å². The summed E-state index contributed by atoms with van der Waals surface area (Å²) in [5.41, 5.74) is 9.07. The Morgan fingerprint density at radius 1 is 1.22 bits per heavy atom. The van der Waals surface area contributed by atoms with Gasteiger partial charge in [0.1, 0.15) is 0 Å². The van der Waals surface area contributed by atoms with Crippen LogP contribution in [-0.4, -0.2) is 27.1 Å². The van der Waals surface area contributed by atoms with Gasteiger partial charge in [0.2, 0.25) is 5.91 Å². The Balaban J connectivity index is 1.61. The molecule has 3 aromatic rings. The Hall–Kier alpha value is -3.48. The van der Waals surface area contributed by atoms with E-state index in [1.807, 2.05) is 47.4 Å². The molecule has 0 spiro atoms. The Kier molecular flexibility index (Phi) is 4.42. The zero-order chi connectivity index (χ0) is 18.8. The zero-order valence-electron chi connectivity index (χ0n) is 15.0. The normalized spacial score (nSPS) is 15.4. The van der Waals surface area contributed by atoms with Crippen molar-refractivity contribution in [3.63, 3.8) is 0 Å². The largest absolute Gasteiger partial charge is 0.366 e. The average Bonchev–Trinajstić information content (AvgIpc) is 3.03. The first-order chi connectivity index (χ1) is 13.1. The van der Waals surface area contributed by atoms with E-state index in [4.69, 9.17) is 5.73 Å². The molecule has 1 amide bonds. The number of rotatable bonds is 5. The number of amides is 1. The second-order valence-electron chi connectivity index (χ2n) is 6.57. The number of fused-ring (bicyclic) bond motifs is 1. The topological polar surface area (TPSA) is 97.0 Å². The molecule has 7 nitrogen and oxygen atoms in total. The van der Waals surface area contributed by atoms with E-state index < -0.39 is 5.91 Å². The first kappa shape index (κ1) is 17.0. The van der Waals surface area contributed by atoms with Crippen LogP contribution in [-0.2, 0) is 13.0 Å². The quantitative estimate of drug-likeness (QED) is 0.726. The number of nitrogens with zero attached hydrogens (tertiary/aromatic N) is 4. The fraction of sp³-hybridized carbons (Fsp3) is 0.200. The number of anilines is 3. The summed E-state index contributed by atoms with van der Waals surface area (Å²) in [7, 11) is 0. The van der Waals surface area contributed by atoms with Gasteiger partial charge in [-0.25, -0.2) is 0 Å².